The van der Waals surface area contributed by atoms with Gasteiger partial charge in [0.15, 0.2) is 5.96 Å². The Morgan fingerprint density at radius 3 is 2.12 bits per heavy atom. The first kappa shape index (κ1) is 32.9. The maximum atomic E-state index is 13.7. The van der Waals surface area contributed by atoms with E-state index in [-0.39, 0.29) is 31.0 Å². The molecular formula is C29H38N8O5S. The van der Waals surface area contributed by atoms with E-state index in [4.69, 9.17) is 17.2 Å². The summed E-state index contributed by atoms with van der Waals surface area (Å²) in [5, 5.41) is 18.2. The van der Waals surface area contributed by atoms with Crippen molar-refractivity contribution >= 4 is 53.2 Å². The van der Waals surface area contributed by atoms with Crippen molar-refractivity contribution in [2.24, 2.45) is 22.2 Å². The number of nitrogens with zero attached hydrogens (tertiary/aromatic N) is 1. The van der Waals surface area contributed by atoms with Crippen LogP contribution in [0.3, 0.4) is 0 Å². The fourth-order valence-electron chi connectivity index (χ4n) is 4.45. The Labute approximate surface area is 254 Å². The lowest BCUT2D eigenvalue weighted by Gasteiger charge is -2.25. The van der Waals surface area contributed by atoms with E-state index in [1.54, 1.807) is 18.3 Å². The molecule has 0 radical (unpaired) electrons. The molecule has 3 rings (SSSR count). The zero-order valence-electron chi connectivity index (χ0n) is 23.5. The predicted molar refractivity (Wildman–Crippen MR) is 167 cm³/mol. The minimum atomic E-state index is -1.27. The van der Waals surface area contributed by atoms with Crippen LogP contribution in [0, 0.1) is 0 Å². The van der Waals surface area contributed by atoms with E-state index in [0.29, 0.717) is 13.0 Å². The van der Waals surface area contributed by atoms with Gasteiger partial charge in [-0.3, -0.25) is 19.4 Å². The summed E-state index contributed by atoms with van der Waals surface area (Å²) in [7, 11) is 0. The molecule has 0 fully saturated rings. The molecule has 14 heteroatoms. The first-order chi connectivity index (χ1) is 20.6. The van der Waals surface area contributed by atoms with Crippen molar-refractivity contribution in [1.29, 1.82) is 0 Å². The number of thiol groups is 1. The normalized spacial score (nSPS) is 13.7. The number of hydrogen-bond acceptors (Lipinski definition) is 7. The van der Waals surface area contributed by atoms with Crippen LogP contribution in [0.2, 0.25) is 0 Å². The topological polar surface area (TPSA) is 231 Å². The number of aromatic nitrogens is 1. The van der Waals surface area contributed by atoms with Crippen LogP contribution in [0.15, 0.2) is 65.8 Å². The number of fused-ring (bicyclic) bond motifs is 1. The third-order valence-corrected chi connectivity index (χ3v) is 7.11. The number of aliphatic carboxylic acids is 1. The van der Waals surface area contributed by atoms with Gasteiger partial charge in [-0.25, -0.2) is 4.79 Å². The number of carboxylic acids is 1. The minimum Gasteiger partial charge on any atom is -0.480 e. The van der Waals surface area contributed by atoms with E-state index in [0.717, 1.165) is 22.0 Å². The number of aliphatic imine (C=N–C) groups is 1. The molecule has 43 heavy (non-hydrogen) atoms. The molecule has 4 unspecified atom stereocenters. The van der Waals surface area contributed by atoms with Crippen molar-refractivity contribution in [3.8, 4) is 0 Å². The largest absolute Gasteiger partial charge is 0.480 e. The van der Waals surface area contributed by atoms with Crippen LogP contribution in [0.1, 0.15) is 24.0 Å². The number of aromatic amines is 1. The van der Waals surface area contributed by atoms with E-state index >= 15 is 0 Å². The van der Waals surface area contributed by atoms with Crippen molar-refractivity contribution in [2.75, 3.05) is 12.3 Å². The number of carboxylic acid groups (broad SMARTS) is 1. The molecule has 0 aliphatic rings. The van der Waals surface area contributed by atoms with Crippen LogP contribution in [0.5, 0.6) is 0 Å². The Morgan fingerprint density at radius 2 is 1.47 bits per heavy atom. The van der Waals surface area contributed by atoms with Crippen molar-refractivity contribution in [3.63, 3.8) is 0 Å². The maximum absolute atomic E-state index is 13.7. The minimum absolute atomic E-state index is 0.0524. The molecule has 0 saturated heterocycles. The second kappa shape index (κ2) is 16.2. The van der Waals surface area contributed by atoms with Crippen molar-refractivity contribution in [1.82, 2.24) is 20.9 Å². The lowest BCUT2D eigenvalue weighted by molar-refractivity contribution is -0.141. The molecule has 0 aliphatic heterocycles. The van der Waals surface area contributed by atoms with Crippen LogP contribution in [-0.4, -0.2) is 76.2 Å². The average Bonchev–Trinajstić information content (AvgIpc) is 3.40. The number of nitrogens with two attached hydrogens (primary N) is 3. The van der Waals surface area contributed by atoms with Crippen molar-refractivity contribution in [3.05, 3.63) is 71.9 Å². The van der Waals surface area contributed by atoms with Gasteiger partial charge in [-0.2, -0.15) is 12.6 Å². The van der Waals surface area contributed by atoms with Crippen LogP contribution in [0.25, 0.3) is 10.9 Å². The number of para-hydroxylation sites is 1. The molecule has 0 spiro atoms. The van der Waals surface area contributed by atoms with E-state index in [9.17, 15) is 24.3 Å². The van der Waals surface area contributed by atoms with Crippen molar-refractivity contribution < 1.29 is 24.3 Å². The molecule has 3 amide bonds. The zero-order valence-corrected chi connectivity index (χ0v) is 24.4. The average molecular weight is 611 g/mol. The summed E-state index contributed by atoms with van der Waals surface area (Å²) in [6.07, 6.45) is 2.62. The Bertz CT molecular complexity index is 1430. The van der Waals surface area contributed by atoms with Gasteiger partial charge in [-0.15, -0.1) is 0 Å². The molecule has 0 bridgehead atoms. The third kappa shape index (κ3) is 10.0. The summed E-state index contributed by atoms with van der Waals surface area (Å²) < 4.78 is 0. The smallest absolute Gasteiger partial charge is 0.327 e. The predicted octanol–water partition coefficient (Wildman–Crippen LogP) is -0.197. The lowest BCUT2D eigenvalue weighted by Crippen LogP contribution is -2.58. The number of guanidine groups is 1. The van der Waals surface area contributed by atoms with Gasteiger partial charge in [0.2, 0.25) is 17.7 Å². The van der Waals surface area contributed by atoms with Crippen LogP contribution in [-0.2, 0) is 32.0 Å². The lowest BCUT2D eigenvalue weighted by atomic mass is 10.0. The van der Waals surface area contributed by atoms with Crippen LogP contribution < -0.4 is 33.2 Å². The molecule has 2 aromatic carbocycles. The molecule has 1 aromatic heterocycles. The summed E-state index contributed by atoms with van der Waals surface area (Å²) in [6.45, 7) is 0.297. The SMILES string of the molecule is NC(N)=NCCCC(N)C(=O)NC(Cc1ccccc1)C(=O)NC(Cc1c[nH]c2ccccc12)C(=O)NC(CS)C(=O)O. The Morgan fingerprint density at radius 1 is 0.860 bits per heavy atom. The van der Waals surface area contributed by atoms with Gasteiger partial charge in [0.05, 0.1) is 6.04 Å². The fourth-order valence-corrected chi connectivity index (χ4v) is 4.70. The quantitative estimate of drug-likeness (QED) is 0.0455. The number of nitrogens with one attached hydrogen (secondary N) is 4. The van der Waals surface area contributed by atoms with Crippen LogP contribution in [0.4, 0.5) is 0 Å². The zero-order chi connectivity index (χ0) is 31.4. The molecular weight excluding hydrogens is 572 g/mol. The van der Waals surface area contributed by atoms with Gasteiger partial charge in [-0.05, 0) is 30.0 Å². The number of rotatable bonds is 16. The van der Waals surface area contributed by atoms with Crippen LogP contribution >= 0.6 is 12.6 Å². The fraction of sp³-hybridized carbons (Fsp3) is 0.345. The third-order valence-electron chi connectivity index (χ3n) is 6.75. The summed E-state index contributed by atoms with van der Waals surface area (Å²) in [5.74, 6) is -3.37. The number of carbonyl (C=O) groups is 4. The molecule has 1 heterocycles. The molecule has 4 atom stereocenters. The Balaban J connectivity index is 1.83. The summed E-state index contributed by atoms with van der Waals surface area (Å²) in [5.41, 5.74) is 19.1. The molecule has 3 aromatic rings. The van der Waals surface area contributed by atoms with Gasteiger partial charge in [-0.1, -0.05) is 48.5 Å². The highest BCUT2D eigenvalue weighted by Crippen LogP contribution is 2.19. The number of amides is 3. The van der Waals surface area contributed by atoms with E-state index < -0.39 is 47.9 Å². The molecule has 13 nitrogen and oxygen atoms in total. The van der Waals surface area contributed by atoms with E-state index in [2.05, 4.69) is 38.6 Å². The first-order valence-electron chi connectivity index (χ1n) is 13.7. The van der Waals surface area contributed by atoms with Gasteiger partial charge in [0.25, 0.3) is 0 Å². The summed E-state index contributed by atoms with van der Waals surface area (Å²) in [6, 6.07) is 12.0. The molecule has 0 aliphatic carbocycles. The highest BCUT2D eigenvalue weighted by atomic mass is 32.1. The highest BCUT2D eigenvalue weighted by molar-refractivity contribution is 7.80. The van der Waals surface area contributed by atoms with Gasteiger partial charge in [0.1, 0.15) is 18.1 Å². The Kier molecular flexibility index (Phi) is 12.4. The molecule has 11 N–H and O–H groups in total. The van der Waals surface area contributed by atoms with E-state index in [1.807, 2.05) is 42.5 Å². The van der Waals surface area contributed by atoms with E-state index in [1.165, 1.54) is 0 Å². The summed E-state index contributed by atoms with van der Waals surface area (Å²) >= 11 is 4.02. The number of H-pyrrole nitrogens is 1. The monoisotopic (exact) mass is 610 g/mol. The van der Waals surface area contributed by atoms with Gasteiger partial charge < -0.3 is 43.2 Å². The molecule has 0 saturated carbocycles. The van der Waals surface area contributed by atoms with Gasteiger partial charge in [0, 0.05) is 42.2 Å². The number of carbonyl (C=O) groups excluding carboxylic acids is 3. The Hall–Kier alpha value is -4.56. The first-order valence-corrected chi connectivity index (χ1v) is 14.4. The molecule has 230 valence electrons. The highest BCUT2D eigenvalue weighted by Gasteiger charge is 2.31. The van der Waals surface area contributed by atoms with Gasteiger partial charge >= 0.3 is 5.97 Å². The van der Waals surface area contributed by atoms with Crippen molar-refractivity contribution in [2.45, 2.75) is 49.9 Å². The standard InChI is InChI=1S/C29H38N8O5S/c30-20(10-6-12-33-29(31)32)25(38)35-22(13-17-7-2-1-3-8-17)26(39)36-23(27(40)37-24(16-43)28(41)42)14-18-15-34-21-11-5-4-9-19(18)21/h1-5,7-9,11,15,20,22-24,34,43H,6,10,12-14,16,30H2,(H,35,38)(H,36,39)(H,37,40)(H,41,42)(H4,31,32,33). The maximum Gasteiger partial charge on any atom is 0.327 e. The summed E-state index contributed by atoms with van der Waals surface area (Å²) in [4.78, 5) is 58.7. The second-order valence-electron chi connectivity index (χ2n) is 10.0. The second-order valence-corrected chi connectivity index (χ2v) is 10.4. The number of hydrogen-bond donors (Lipinski definition) is 9. The number of benzene rings is 2.